The lowest BCUT2D eigenvalue weighted by atomic mass is 9.99. The van der Waals surface area contributed by atoms with Crippen LogP contribution in [0.15, 0.2) is 42.5 Å². The number of nitrogens with zero attached hydrogens (tertiary/aromatic N) is 1. The lowest BCUT2D eigenvalue weighted by molar-refractivity contribution is -0.144. The molecular weight excluding hydrogens is 328 g/mol. The van der Waals surface area contributed by atoms with Gasteiger partial charge < -0.3 is 15.0 Å². The summed E-state index contributed by atoms with van der Waals surface area (Å²) in [5.74, 6) is -0.525. The number of para-hydroxylation sites is 1. The molecule has 0 aliphatic carbocycles. The third-order valence-corrected chi connectivity index (χ3v) is 4.39. The van der Waals surface area contributed by atoms with Gasteiger partial charge in [0.25, 0.3) is 17.4 Å². The molecule has 1 N–H and O–H groups in total. The summed E-state index contributed by atoms with van der Waals surface area (Å²) in [5.41, 5.74) is 0.402. The molecule has 2 amide bonds. The van der Waals surface area contributed by atoms with Gasteiger partial charge in [-0.25, -0.2) is 0 Å². The highest BCUT2D eigenvalue weighted by atomic mass is 35.5. The molecule has 24 heavy (non-hydrogen) atoms. The number of ether oxygens (including phenoxy) is 1. The second-order valence-electron chi connectivity index (χ2n) is 5.90. The zero-order chi connectivity index (χ0) is 17.5. The van der Waals surface area contributed by atoms with Crippen LogP contribution in [0.3, 0.4) is 0 Å². The second-order valence-corrected chi connectivity index (χ2v) is 6.31. The number of nitrogens with one attached hydrogen (secondary N) is 1. The van der Waals surface area contributed by atoms with Crippen LogP contribution in [0, 0.1) is 6.92 Å². The van der Waals surface area contributed by atoms with Gasteiger partial charge in [-0.15, -0.1) is 0 Å². The molecule has 0 saturated carbocycles. The van der Waals surface area contributed by atoms with Gasteiger partial charge in [0.05, 0.1) is 16.4 Å². The van der Waals surface area contributed by atoms with Crippen molar-refractivity contribution in [1.29, 1.82) is 0 Å². The Morgan fingerprint density at radius 3 is 2.67 bits per heavy atom. The number of hydrogen-bond donors (Lipinski definition) is 1. The molecule has 1 aliphatic rings. The predicted molar refractivity (Wildman–Crippen MR) is 93.7 cm³/mol. The Bertz CT molecular complexity index is 837. The summed E-state index contributed by atoms with van der Waals surface area (Å²) < 4.78 is 5.78. The first-order chi connectivity index (χ1) is 11.3. The van der Waals surface area contributed by atoms with Crippen LogP contribution < -0.4 is 15.0 Å². The first-order valence-electron chi connectivity index (χ1n) is 7.47. The van der Waals surface area contributed by atoms with E-state index in [4.69, 9.17) is 16.3 Å². The Hall–Kier alpha value is -2.53. The van der Waals surface area contributed by atoms with E-state index in [0.717, 1.165) is 5.56 Å². The first kappa shape index (κ1) is 16.3. The third-order valence-electron chi connectivity index (χ3n) is 4.06. The minimum atomic E-state index is -1.67. The quantitative estimate of drug-likeness (QED) is 0.849. The molecule has 2 aromatic rings. The molecule has 0 saturated heterocycles. The van der Waals surface area contributed by atoms with Crippen molar-refractivity contribution in [3.8, 4) is 5.75 Å². The van der Waals surface area contributed by atoms with E-state index in [2.05, 4.69) is 5.32 Å². The first-order valence-corrected chi connectivity index (χ1v) is 7.84. The number of benzene rings is 2. The lowest BCUT2D eigenvalue weighted by Crippen LogP contribution is -2.59. The zero-order valence-corrected chi connectivity index (χ0v) is 14.3. The van der Waals surface area contributed by atoms with Crippen molar-refractivity contribution < 1.29 is 14.3 Å². The second kappa shape index (κ2) is 5.83. The molecule has 1 heterocycles. The van der Waals surface area contributed by atoms with E-state index >= 15 is 0 Å². The van der Waals surface area contributed by atoms with Gasteiger partial charge in [0, 0.05) is 7.05 Å². The fraction of sp³-hybridized carbons (Fsp3) is 0.222. The van der Waals surface area contributed by atoms with Crippen molar-refractivity contribution in [2.75, 3.05) is 17.3 Å². The molecule has 5 nitrogen and oxygen atoms in total. The maximum atomic E-state index is 12.7. The maximum Gasteiger partial charge on any atom is 0.280 e. The van der Waals surface area contributed by atoms with Crippen LogP contribution in [-0.2, 0) is 9.59 Å². The molecular formula is C18H17ClN2O3. The van der Waals surface area contributed by atoms with E-state index in [0.29, 0.717) is 22.1 Å². The van der Waals surface area contributed by atoms with E-state index < -0.39 is 17.4 Å². The van der Waals surface area contributed by atoms with Gasteiger partial charge in [0.2, 0.25) is 0 Å². The van der Waals surface area contributed by atoms with Gasteiger partial charge in [-0.05, 0) is 43.7 Å². The molecule has 0 bridgehead atoms. The van der Waals surface area contributed by atoms with Crippen LogP contribution >= 0.6 is 11.6 Å². The fourth-order valence-corrected chi connectivity index (χ4v) is 2.80. The van der Waals surface area contributed by atoms with Crippen molar-refractivity contribution in [2.24, 2.45) is 0 Å². The Morgan fingerprint density at radius 2 is 1.96 bits per heavy atom. The number of fused-ring (bicyclic) bond motifs is 1. The van der Waals surface area contributed by atoms with E-state index in [9.17, 15) is 9.59 Å². The van der Waals surface area contributed by atoms with E-state index in [1.807, 2.05) is 19.1 Å². The summed E-state index contributed by atoms with van der Waals surface area (Å²) in [4.78, 5) is 26.9. The number of rotatable bonds is 2. The molecule has 1 aliphatic heterocycles. The minimum Gasteiger partial charge on any atom is -0.465 e. The van der Waals surface area contributed by atoms with Crippen LogP contribution in [0.25, 0.3) is 0 Å². The number of carbonyl (C=O) groups excluding carboxylic acids is 2. The number of carbonyl (C=O) groups is 2. The van der Waals surface area contributed by atoms with Gasteiger partial charge in [0.15, 0.2) is 0 Å². The summed E-state index contributed by atoms with van der Waals surface area (Å²) in [6.07, 6.45) is 0. The highest BCUT2D eigenvalue weighted by molar-refractivity contribution is 6.34. The molecule has 1 unspecified atom stereocenters. The average Bonchev–Trinajstić information content (AvgIpc) is 2.56. The Morgan fingerprint density at radius 1 is 1.25 bits per heavy atom. The Kier molecular flexibility index (Phi) is 3.97. The van der Waals surface area contributed by atoms with Crippen molar-refractivity contribution in [3.05, 3.63) is 53.1 Å². The molecule has 6 heteroatoms. The highest BCUT2D eigenvalue weighted by Crippen LogP contribution is 2.38. The molecule has 0 radical (unpaired) electrons. The molecule has 0 aromatic heterocycles. The van der Waals surface area contributed by atoms with Gasteiger partial charge in [-0.1, -0.05) is 29.8 Å². The lowest BCUT2D eigenvalue weighted by Gasteiger charge is -2.38. The standard InChI is InChI=1S/C18H17ClN2O3/c1-11-8-9-15-14(10-11)21(3)17(23)18(2,24-15)16(22)20-13-7-5-4-6-12(13)19/h4-10H,1-3H3,(H,20,22). The fourth-order valence-electron chi connectivity index (χ4n) is 2.62. The highest BCUT2D eigenvalue weighted by Gasteiger charge is 2.49. The Balaban J connectivity index is 1.95. The largest absolute Gasteiger partial charge is 0.465 e. The number of likely N-dealkylation sites (N-methyl/N-ethyl adjacent to an activating group) is 1. The van der Waals surface area contributed by atoms with Crippen molar-refractivity contribution in [1.82, 2.24) is 0 Å². The van der Waals surface area contributed by atoms with Crippen LogP contribution in [0.2, 0.25) is 5.02 Å². The van der Waals surface area contributed by atoms with Crippen LogP contribution in [-0.4, -0.2) is 24.5 Å². The third kappa shape index (κ3) is 2.61. The summed E-state index contributed by atoms with van der Waals surface area (Å²) in [6.45, 7) is 3.39. The summed E-state index contributed by atoms with van der Waals surface area (Å²) in [5, 5.41) is 3.06. The van der Waals surface area contributed by atoms with Crippen molar-refractivity contribution in [3.63, 3.8) is 0 Å². The topological polar surface area (TPSA) is 58.6 Å². The van der Waals surface area contributed by atoms with Gasteiger partial charge in [-0.2, -0.15) is 0 Å². The van der Waals surface area contributed by atoms with Gasteiger partial charge in [0.1, 0.15) is 5.75 Å². The van der Waals surface area contributed by atoms with Crippen molar-refractivity contribution in [2.45, 2.75) is 19.4 Å². The van der Waals surface area contributed by atoms with Crippen LogP contribution in [0.5, 0.6) is 5.75 Å². The molecule has 3 rings (SSSR count). The number of anilines is 2. The molecule has 1 atom stereocenters. The zero-order valence-electron chi connectivity index (χ0n) is 13.6. The van der Waals surface area contributed by atoms with E-state index in [-0.39, 0.29) is 0 Å². The number of aryl methyl sites for hydroxylation is 1. The number of halogens is 1. The SMILES string of the molecule is Cc1ccc2c(c1)N(C)C(=O)C(C)(C(=O)Nc1ccccc1Cl)O2. The molecule has 124 valence electrons. The van der Waals surface area contributed by atoms with Crippen LogP contribution in [0.4, 0.5) is 11.4 Å². The normalized spacial score (nSPS) is 19.5. The summed E-state index contributed by atoms with van der Waals surface area (Å²) in [7, 11) is 1.63. The Labute approximate surface area is 145 Å². The summed E-state index contributed by atoms with van der Waals surface area (Å²) in [6, 6.07) is 12.3. The van der Waals surface area contributed by atoms with Crippen LogP contribution in [0.1, 0.15) is 12.5 Å². The number of amides is 2. The monoisotopic (exact) mass is 344 g/mol. The molecule has 2 aromatic carbocycles. The van der Waals surface area contributed by atoms with Gasteiger partial charge >= 0.3 is 0 Å². The van der Waals surface area contributed by atoms with Gasteiger partial charge in [-0.3, -0.25) is 9.59 Å². The smallest absolute Gasteiger partial charge is 0.280 e. The molecule has 0 spiro atoms. The van der Waals surface area contributed by atoms with Crippen molar-refractivity contribution >= 4 is 34.8 Å². The number of hydrogen-bond acceptors (Lipinski definition) is 3. The summed E-state index contributed by atoms with van der Waals surface area (Å²) >= 11 is 6.07. The maximum absolute atomic E-state index is 12.7. The average molecular weight is 345 g/mol. The predicted octanol–water partition coefficient (Wildman–Crippen LogP) is 3.40. The van der Waals surface area contributed by atoms with E-state index in [1.165, 1.54) is 11.8 Å². The molecule has 0 fully saturated rings. The minimum absolute atomic E-state index is 0.391. The van der Waals surface area contributed by atoms with E-state index in [1.54, 1.807) is 37.4 Å².